The van der Waals surface area contributed by atoms with Crippen LogP contribution in [0.4, 0.5) is 8.78 Å². The summed E-state index contributed by atoms with van der Waals surface area (Å²) >= 11 is 0. The molecule has 0 saturated carbocycles. The van der Waals surface area contributed by atoms with Gasteiger partial charge in [0.1, 0.15) is 11.6 Å². The number of hydrogen-bond donors (Lipinski definition) is 0. The van der Waals surface area contributed by atoms with E-state index in [-0.39, 0.29) is 0 Å². The smallest absolute Gasteiger partial charge is 0.344 e. The van der Waals surface area contributed by atoms with Gasteiger partial charge >= 0.3 is 5.97 Å². The van der Waals surface area contributed by atoms with Crippen molar-refractivity contribution in [3.63, 3.8) is 0 Å². The largest absolute Gasteiger partial charge is 0.493 e. The molecule has 0 aromatic heterocycles. The number of methoxy groups -OCH3 is 1. The van der Waals surface area contributed by atoms with Crippen molar-refractivity contribution >= 4 is 11.8 Å². The Bertz CT molecular complexity index is 789. The Balaban J connectivity index is 1.89. The van der Waals surface area contributed by atoms with E-state index in [2.05, 4.69) is 0 Å². The fourth-order valence-electron chi connectivity index (χ4n) is 2.01. The third-order valence-corrected chi connectivity index (χ3v) is 3.26. The molecule has 2 aromatic carbocycles. The van der Waals surface area contributed by atoms with Crippen molar-refractivity contribution in [1.82, 2.24) is 0 Å². The number of Topliss-reactive ketones (excluding diaryl/α,β-unsaturated/α-hetero) is 1. The molecule has 0 bridgehead atoms. The van der Waals surface area contributed by atoms with E-state index < -0.39 is 42.2 Å². The van der Waals surface area contributed by atoms with E-state index in [0.717, 1.165) is 23.8 Å². The zero-order valence-electron chi connectivity index (χ0n) is 13.7. The summed E-state index contributed by atoms with van der Waals surface area (Å²) in [5.74, 6) is -2.53. The first kappa shape index (κ1) is 18.4. The van der Waals surface area contributed by atoms with Gasteiger partial charge in [-0.15, -0.1) is 0 Å². The molecule has 0 fully saturated rings. The fourth-order valence-corrected chi connectivity index (χ4v) is 2.01. The lowest BCUT2D eigenvalue weighted by molar-refractivity contribution is -0.144. The predicted molar refractivity (Wildman–Crippen MR) is 84.9 cm³/mol. The van der Waals surface area contributed by atoms with Gasteiger partial charge in [-0.3, -0.25) is 4.79 Å². The summed E-state index contributed by atoms with van der Waals surface area (Å²) < 4.78 is 41.7. The van der Waals surface area contributed by atoms with Crippen LogP contribution in [-0.2, 0) is 9.53 Å². The number of halogens is 2. The van der Waals surface area contributed by atoms with Gasteiger partial charge in [-0.05, 0) is 42.8 Å². The van der Waals surface area contributed by atoms with Crippen LogP contribution in [0.2, 0.25) is 0 Å². The number of ether oxygens (including phenoxy) is 3. The molecule has 0 saturated heterocycles. The van der Waals surface area contributed by atoms with Crippen LogP contribution in [0.5, 0.6) is 11.5 Å². The van der Waals surface area contributed by atoms with Gasteiger partial charge < -0.3 is 14.2 Å². The summed E-state index contributed by atoms with van der Waals surface area (Å²) in [6.07, 6.45) is 0. The predicted octanol–water partition coefficient (Wildman–Crippen LogP) is 3.09. The average Bonchev–Trinajstić information content (AvgIpc) is 2.60. The summed E-state index contributed by atoms with van der Waals surface area (Å²) in [6, 6.07) is 7.61. The lowest BCUT2D eigenvalue weighted by Crippen LogP contribution is -2.20. The molecule has 0 atom stereocenters. The molecule has 2 aromatic rings. The van der Waals surface area contributed by atoms with Crippen LogP contribution in [0, 0.1) is 18.6 Å². The molecule has 0 aliphatic heterocycles. The monoisotopic (exact) mass is 350 g/mol. The maximum Gasteiger partial charge on any atom is 0.344 e. The van der Waals surface area contributed by atoms with Gasteiger partial charge in [0.05, 0.1) is 12.7 Å². The Hall–Kier alpha value is -2.96. The van der Waals surface area contributed by atoms with Crippen LogP contribution in [0.15, 0.2) is 36.4 Å². The van der Waals surface area contributed by atoms with Crippen LogP contribution in [0.25, 0.3) is 0 Å². The molecule has 0 amide bonds. The van der Waals surface area contributed by atoms with E-state index in [1.807, 2.05) is 6.92 Å². The molecule has 0 spiro atoms. The zero-order chi connectivity index (χ0) is 18.4. The second kappa shape index (κ2) is 8.23. The summed E-state index contributed by atoms with van der Waals surface area (Å²) in [6.45, 7) is 0.698. The van der Waals surface area contributed by atoms with Crippen molar-refractivity contribution in [2.75, 3.05) is 20.3 Å². The third-order valence-electron chi connectivity index (χ3n) is 3.26. The highest BCUT2D eigenvalue weighted by Gasteiger charge is 2.16. The van der Waals surface area contributed by atoms with Gasteiger partial charge in [0.25, 0.3) is 0 Å². The highest BCUT2D eigenvalue weighted by molar-refractivity contribution is 5.98. The minimum atomic E-state index is -0.886. The van der Waals surface area contributed by atoms with Crippen LogP contribution in [0.1, 0.15) is 15.9 Å². The van der Waals surface area contributed by atoms with Gasteiger partial charge in [0.2, 0.25) is 5.78 Å². The summed E-state index contributed by atoms with van der Waals surface area (Å²) in [7, 11) is 1.46. The highest BCUT2D eigenvalue weighted by Crippen LogP contribution is 2.27. The van der Waals surface area contributed by atoms with Crippen LogP contribution in [0.3, 0.4) is 0 Å². The SMILES string of the molecule is COc1cc(C)ccc1OCC(=O)OCC(=O)c1cc(F)ccc1F. The minimum Gasteiger partial charge on any atom is -0.493 e. The van der Waals surface area contributed by atoms with E-state index in [0.29, 0.717) is 11.5 Å². The Labute approximate surface area is 143 Å². The molecule has 7 heteroatoms. The standard InChI is InChI=1S/C18H16F2O5/c1-11-3-6-16(17(7-11)23-2)24-10-18(22)25-9-15(21)13-8-12(19)4-5-14(13)20/h3-8H,9-10H2,1-2H3. The number of aryl methyl sites for hydroxylation is 1. The second-order valence-corrected chi connectivity index (χ2v) is 5.15. The Morgan fingerprint density at radius 3 is 2.48 bits per heavy atom. The van der Waals surface area contributed by atoms with E-state index in [9.17, 15) is 18.4 Å². The Morgan fingerprint density at radius 2 is 1.76 bits per heavy atom. The van der Waals surface area contributed by atoms with Gasteiger partial charge in [-0.25, -0.2) is 13.6 Å². The summed E-state index contributed by atoms with van der Waals surface area (Å²) in [5.41, 5.74) is 0.475. The topological polar surface area (TPSA) is 61.8 Å². The quantitative estimate of drug-likeness (QED) is 0.567. The number of ketones is 1. The summed E-state index contributed by atoms with van der Waals surface area (Å²) in [4.78, 5) is 23.5. The van der Waals surface area contributed by atoms with Crippen molar-refractivity contribution in [3.05, 3.63) is 59.2 Å². The van der Waals surface area contributed by atoms with E-state index in [4.69, 9.17) is 14.2 Å². The summed E-state index contributed by atoms with van der Waals surface area (Å²) in [5, 5.41) is 0. The van der Waals surface area contributed by atoms with Gasteiger partial charge in [-0.1, -0.05) is 6.07 Å². The van der Waals surface area contributed by atoms with Crippen molar-refractivity contribution < 1.29 is 32.6 Å². The minimum absolute atomic E-state index is 0.340. The molecule has 2 rings (SSSR count). The first-order valence-electron chi connectivity index (χ1n) is 7.32. The number of esters is 1. The average molecular weight is 350 g/mol. The van der Waals surface area contributed by atoms with Crippen LogP contribution in [-0.4, -0.2) is 32.1 Å². The normalized spacial score (nSPS) is 10.2. The number of carbonyl (C=O) groups is 2. The highest BCUT2D eigenvalue weighted by atomic mass is 19.1. The lowest BCUT2D eigenvalue weighted by Gasteiger charge is -2.11. The third kappa shape index (κ3) is 5.00. The van der Waals surface area contributed by atoms with E-state index in [1.54, 1.807) is 18.2 Å². The first-order chi connectivity index (χ1) is 11.9. The molecule has 0 heterocycles. The number of carbonyl (C=O) groups excluding carboxylic acids is 2. The number of benzene rings is 2. The number of rotatable bonds is 7. The molecule has 25 heavy (non-hydrogen) atoms. The van der Waals surface area contributed by atoms with Crippen molar-refractivity contribution in [2.45, 2.75) is 6.92 Å². The van der Waals surface area contributed by atoms with Crippen molar-refractivity contribution in [2.24, 2.45) is 0 Å². The van der Waals surface area contributed by atoms with Gasteiger partial charge in [0, 0.05) is 0 Å². The zero-order valence-corrected chi connectivity index (χ0v) is 13.7. The molecule has 5 nitrogen and oxygen atoms in total. The molecule has 132 valence electrons. The second-order valence-electron chi connectivity index (χ2n) is 5.15. The Morgan fingerprint density at radius 1 is 1.00 bits per heavy atom. The maximum atomic E-state index is 13.5. The van der Waals surface area contributed by atoms with Gasteiger partial charge in [0.15, 0.2) is 24.7 Å². The fraction of sp³-hybridized carbons (Fsp3) is 0.222. The molecule has 0 radical (unpaired) electrons. The van der Waals surface area contributed by atoms with Gasteiger partial charge in [-0.2, -0.15) is 0 Å². The van der Waals surface area contributed by atoms with Crippen molar-refractivity contribution in [3.8, 4) is 11.5 Å². The number of hydrogen-bond acceptors (Lipinski definition) is 5. The molecular weight excluding hydrogens is 334 g/mol. The Kier molecular flexibility index (Phi) is 6.05. The lowest BCUT2D eigenvalue weighted by atomic mass is 10.1. The molecule has 0 unspecified atom stereocenters. The molecular formula is C18H16F2O5. The van der Waals surface area contributed by atoms with Crippen molar-refractivity contribution in [1.29, 1.82) is 0 Å². The molecule has 0 aliphatic rings. The molecule has 0 N–H and O–H groups in total. The van der Waals surface area contributed by atoms with E-state index in [1.165, 1.54) is 7.11 Å². The molecule has 0 aliphatic carbocycles. The first-order valence-corrected chi connectivity index (χ1v) is 7.32. The van der Waals surface area contributed by atoms with Crippen LogP contribution >= 0.6 is 0 Å². The van der Waals surface area contributed by atoms with E-state index >= 15 is 0 Å². The van der Waals surface area contributed by atoms with Crippen LogP contribution < -0.4 is 9.47 Å². The maximum absolute atomic E-state index is 13.5.